The van der Waals surface area contributed by atoms with Crippen LogP contribution < -0.4 is 22.1 Å². The quantitative estimate of drug-likeness (QED) is 0.480. The van der Waals surface area contributed by atoms with Gasteiger partial charge in [0.2, 0.25) is 5.95 Å². The van der Waals surface area contributed by atoms with E-state index in [9.17, 15) is 9.59 Å². The average molecular weight is 401 g/mol. The van der Waals surface area contributed by atoms with Gasteiger partial charge in [-0.05, 0) is 37.3 Å². The highest BCUT2D eigenvalue weighted by Gasteiger charge is 2.27. The number of para-hydroxylation sites is 1. The number of nitrogens with two attached hydrogens (primary N) is 1. The molecule has 4 aromatic rings. The number of nitrogen functional groups attached to an aromatic ring is 1. The summed E-state index contributed by atoms with van der Waals surface area (Å²) in [6, 6.07) is 14.7. The zero-order chi connectivity index (χ0) is 20.8. The highest BCUT2D eigenvalue weighted by molar-refractivity contribution is 6.02. The number of nitrogens with zero attached hydrogens (tertiary/aromatic N) is 4. The predicted octanol–water partition coefficient (Wildman–Crippen LogP) is 1.88. The van der Waals surface area contributed by atoms with Crippen molar-refractivity contribution in [2.75, 3.05) is 11.1 Å². The normalized spacial score (nSPS) is 13.8. The van der Waals surface area contributed by atoms with Crippen molar-refractivity contribution in [1.82, 2.24) is 24.3 Å². The molecule has 1 atom stereocenters. The molecule has 1 aliphatic rings. The molecule has 0 aliphatic carbocycles. The zero-order valence-electron chi connectivity index (χ0n) is 16.2. The van der Waals surface area contributed by atoms with Crippen molar-refractivity contribution in [3.63, 3.8) is 0 Å². The SMILES string of the molecule is CC(Nc1nc(N)nc2c1C(=O)NC2)c1cc2cccn2c(=O)n1-c1ccccc1. The summed E-state index contributed by atoms with van der Waals surface area (Å²) in [6.07, 6.45) is 1.74. The van der Waals surface area contributed by atoms with Crippen molar-refractivity contribution in [2.45, 2.75) is 19.5 Å². The molecule has 1 aromatic carbocycles. The third-order valence-corrected chi connectivity index (χ3v) is 5.19. The first kappa shape index (κ1) is 17.9. The molecule has 4 N–H and O–H groups in total. The number of hydrogen-bond donors (Lipinski definition) is 3. The Kier molecular flexibility index (Phi) is 4.02. The molecule has 4 heterocycles. The molecule has 0 bridgehead atoms. The Morgan fingerprint density at radius 1 is 1.13 bits per heavy atom. The Morgan fingerprint density at radius 2 is 1.93 bits per heavy atom. The number of carbonyl (C=O) groups excluding carboxylic acids is 1. The Hall–Kier alpha value is -4.14. The van der Waals surface area contributed by atoms with Crippen LogP contribution in [0.5, 0.6) is 0 Å². The average Bonchev–Trinajstić information content (AvgIpc) is 3.35. The molecule has 5 rings (SSSR count). The van der Waals surface area contributed by atoms with E-state index >= 15 is 0 Å². The molecular formula is C21H19N7O2. The van der Waals surface area contributed by atoms with E-state index in [2.05, 4.69) is 20.6 Å². The number of rotatable bonds is 4. The van der Waals surface area contributed by atoms with Crippen LogP contribution in [-0.2, 0) is 6.54 Å². The van der Waals surface area contributed by atoms with Crippen LogP contribution in [-0.4, -0.2) is 24.8 Å². The van der Waals surface area contributed by atoms with Crippen molar-refractivity contribution in [3.8, 4) is 5.69 Å². The van der Waals surface area contributed by atoms with Gasteiger partial charge < -0.3 is 16.4 Å². The molecule has 9 nitrogen and oxygen atoms in total. The van der Waals surface area contributed by atoms with E-state index in [-0.39, 0.29) is 23.6 Å². The number of amides is 1. The molecule has 30 heavy (non-hydrogen) atoms. The van der Waals surface area contributed by atoms with Gasteiger partial charge in [-0.25, -0.2) is 9.78 Å². The summed E-state index contributed by atoms with van der Waals surface area (Å²) in [6.45, 7) is 2.22. The van der Waals surface area contributed by atoms with E-state index in [1.165, 1.54) is 0 Å². The number of hydrogen-bond acceptors (Lipinski definition) is 6. The molecule has 0 fully saturated rings. The van der Waals surface area contributed by atoms with E-state index in [0.29, 0.717) is 23.6 Å². The monoisotopic (exact) mass is 401 g/mol. The van der Waals surface area contributed by atoms with E-state index in [1.54, 1.807) is 15.2 Å². The molecule has 0 saturated carbocycles. The van der Waals surface area contributed by atoms with Crippen LogP contribution in [0.1, 0.15) is 34.7 Å². The summed E-state index contributed by atoms with van der Waals surface area (Å²) < 4.78 is 3.24. The second-order valence-corrected chi connectivity index (χ2v) is 7.13. The Bertz CT molecular complexity index is 1340. The molecule has 0 saturated heterocycles. The summed E-state index contributed by atoms with van der Waals surface area (Å²) in [4.78, 5) is 33.9. The molecule has 150 valence electrons. The predicted molar refractivity (Wildman–Crippen MR) is 113 cm³/mol. The lowest BCUT2D eigenvalue weighted by molar-refractivity contribution is 0.0966. The van der Waals surface area contributed by atoms with E-state index < -0.39 is 0 Å². The Balaban J connectivity index is 1.66. The van der Waals surface area contributed by atoms with Crippen LogP contribution in [0.3, 0.4) is 0 Å². The van der Waals surface area contributed by atoms with Crippen molar-refractivity contribution in [1.29, 1.82) is 0 Å². The third-order valence-electron chi connectivity index (χ3n) is 5.19. The lowest BCUT2D eigenvalue weighted by Gasteiger charge is -2.21. The van der Waals surface area contributed by atoms with Crippen molar-refractivity contribution < 1.29 is 4.79 Å². The smallest absolute Gasteiger partial charge is 0.337 e. The number of aromatic nitrogens is 4. The molecule has 1 aliphatic heterocycles. The third kappa shape index (κ3) is 2.79. The highest BCUT2D eigenvalue weighted by atomic mass is 16.2. The van der Waals surface area contributed by atoms with E-state index in [1.807, 2.05) is 55.5 Å². The molecule has 0 spiro atoms. The van der Waals surface area contributed by atoms with Crippen LogP contribution >= 0.6 is 0 Å². The molecule has 1 amide bonds. The molecule has 9 heteroatoms. The van der Waals surface area contributed by atoms with Crippen LogP contribution in [0.15, 0.2) is 59.5 Å². The van der Waals surface area contributed by atoms with Gasteiger partial charge in [-0.1, -0.05) is 18.2 Å². The molecule has 3 aromatic heterocycles. The van der Waals surface area contributed by atoms with Gasteiger partial charge in [0.05, 0.1) is 35.2 Å². The molecule has 0 radical (unpaired) electrons. The lowest BCUT2D eigenvalue weighted by Crippen LogP contribution is -2.30. The van der Waals surface area contributed by atoms with Crippen molar-refractivity contribution in [2.24, 2.45) is 0 Å². The Morgan fingerprint density at radius 3 is 2.73 bits per heavy atom. The standard InChI is InChI=1S/C21H19N7O2/c1-12(24-18-17-15(11-23-19(17)29)25-20(22)26-18)16-10-14-8-5-9-27(14)21(30)28(16)13-6-3-2-4-7-13/h2-10,12H,11H2,1H3,(H,23,29)(H3,22,24,25,26). The van der Waals surface area contributed by atoms with Gasteiger partial charge >= 0.3 is 5.69 Å². The highest BCUT2D eigenvalue weighted by Crippen LogP contribution is 2.27. The Labute approximate surface area is 171 Å². The van der Waals surface area contributed by atoms with Crippen LogP contribution in [0.25, 0.3) is 11.2 Å². The fraction of sp³-hybridized carbons (Fsp3) is 0.143. The minimum atomic E-state index is -0.357. The lowest BCUT2D eigenvalue weighted by atomic mass is 10.1. The van der Waals surface area contributed by atoms with Gasteiger partial charge in [0, 0.05) is 6.20 Å². The van der Waals surface area contributed by atoms with Gasteiger partial charge in [-0.2, -0.15) is 4.98 Å². The van der Waals surface area contributed by atoms with Crippen molar-refractivity contribution in [3.05, 3.63) is 82.2 Å². The summed E-state index contributed by atoms with van der Waals surface area (Å²) in [5.74, 6) is 0.187. The maximum atomic E-state index is 13.2. The number of anilines is 2. The number of carbonyl (C=O) groups is 1. The molecule has 1 unspecified atom stereocenters. The second kappa shape index (κ2) is 6.73. The van der Waals surface area contributed by atoms with Gasteiger partial charge in [-0.15, -0.1) is 0 Å². The second-order valence-electron chi connectivity index (χ2n) is 7.13. The van der Waals surface area contributed by atoms with Crippen molar-refractivity contribution >= 4 is 23.2 Å². The summed E-state index contributed by atoms with van der Waals surface area (Å²) >= 11 is 0. The summed E-state index contributed by atoms with van der Waals surface area (Å²) in [5, 5.41) is 6.00. The summed E-state index contributed by atoms with van der Waals surface area (Å²) in [5.41, 5.74) is 8.84. The van der Waals surface area contributed by atoms with E-state index in [4.69, 9.17) is 5.73 Å². The minimum Gasteiger partial charge on any atom is -0.368 e. The topological polar surface area (TPSA) is 119 Å². The first-order valence-corrected chi connectivity index (χ1v) is 9.52. The molecular weight excluding hydrogens is 382 g/mol. The fourth-order valence-electron chi connectivity index (χ4n) is 3.80. The number of fused-ring (bicyclic) bond motifs is 2. The largest absolute Gasteiger partial charge is 0.368 e. The minimum absolute atomic E-state index is 0.0856. The zero-order valence-corrected chi connectivity index (χ0v) is 16.2. The van der Waals surface area contributed by atoms with Gasteiger partial charge in [0.15, 0.2) is 0 Å². The van der Waals surface area contributed by atoms with Gasteiger partial charge in [0.25, 0.3) is 5.91 Å². The maximum absolute atomic E-state index is 13.2. The fourth-order valence-corrected chi connectivity index (χ4v) is 3.80. The van der Waals surface area contributed by atoms with Gasteiger partial charge in [0.1, 0.15) is 11.4 Å². The van der Waals surface area contributed by atoms with Gasteiger partial charge in [-0.3, -0.25) is 13.8 Å². The van der Waals surface area contributed by atoms with E-state index in [0.717, 1.165) is 16.9 Å². The summed E-state index contributed by atoms with van der Waals surface area (Å²) in [7, 11) is 0. The number of nitrogens with one attached hydrogen (secondary N) is 2. The number of benzene rings is 1. The first-order chi connectivity index (χ1) is 14.5. The maximum Gasteiger partial charge on any atom is 0.337 e. The van der Waals surface area contributed by atoms with Crippen LogP contribution in [0.4, 0.5) is 11.8 Å². The van der Waals surface area contributed by atoms with Crippen LogP contribution in [0.2, 0.25) is 0 Å². The van der Waals surface area contributed by atoms with Crippen LogP contribution in [0, 0.1) is 0 Å². The first-order valence-electron chi connectivity index (χ1n) is 9.52.